The normalized spacial score (nSPS) is 11.6. The molecule has 0 fully saturated rings. The van der Waals surface area contributed by atoms with Crippen LogP contribution in [0.1, 0.15) is 18.9 Å². The van der Waals surface area contributed by atoms with Crippen molar-refractivity contribution >= 4 is 22.4 Å². The Morgan fingerprint density at radius 3 is 2.35 bits per heavy atom. The Morgan fingerprint density at radius 1 is 1.04 bits per heavy atom. The van der Waals surface area contributed by atoms with Crippen molar-refractivity contribution in [3.63, 3.8) is 0 Å². The lowest BCUT2D eigenvalue weighted by Crippen LogP contribution is -2.20. The van der Waals surface area contributed by atoms with Gasteiger partial charge >= 0.3 is 6.18 Å². The van der Waals surface area contributed by atoms with E-state index in [-0.39, 0.29) is 11.2 Å². The number of para-hydroxylation sites is 1. The van der Waals surface area contributed by atoms with Gasteiger partial charge in [-0.15, -0.1) is 0 Å². The van der Waals surface area contributed by atoms with E-state index in [0.717, 1.165) is 18.2 Å². The number of pyridine rings is 1. The van der Waals surface area contributed by atoms with E-state index in [9.17, 15) is 13.2 Å². The summed E-state index contributed by atoms with van der Waals surface area (Å²) in [7, 11) is 1.57. The zero-order chi connectivity index (χ0) is 18.7. The van der Waals surface area contributed by atoms with E-state index in [1.807, 2.05) is 19.1 Å². The molecule has 2 aromatic carbocycles. The van der Waals surface area contributed by atoms with Gasteiger partial charge in [-0.25, -0.2) is 4.98 Å². The summed E-state index contributed by atoms with van der Waals surface area (Å²) < 4.78 is 45.9. The van der Waals surface area contributed by atoms with Gasteiger partial charge in [0.2, 0.25) is 0 Å². The number of ether oxygens (including phenoxy) is 1. The molecule has 0 atom stereocenters. The van der Waals surface area contributed by atoms with E-state index in [1.165, 1.54) is 6.07 Å². The maximum absolute atomic E-state index is 13.6. The fourth-order valence-corrected chi connectivity index (χ4v) is 2.90. The number of methoxy groups -OCH3 is 1. The molecule has 1 heterocycles. The fourth-order valence-electron chi connectivity index (χ4n) is 2.90. The van der Waals surface area contributed by atoms with Gasteiger partial charge in [0.15, 0.2) is 0 Å². The van der Waals surface area contributed by atoms with Crippen LogP contribution >= 0.6 is 0 Å². The molecule has 0 radical (unpaired) electrons. The largest absolute Gasteiger partial charge is 0.497 e. The molecule has 3 nitrogen and oxygen atoms in total. The minimum Gasteiger partial charge on any atom is -0.497 e. The summed E-state index contributed by atoms with van der Waals surface area (Å²) in [5, 5.41) is 0.106. The Balaban J connectivity index is 2.16. The predicted octanol–water partition coefficient (Wildman–Crippen LogP) is 5.81. The molecule has 0 N–H and O–H groups in total. The Morgan fingerprint density at radius 2 is 1.73 bits per heavy atom. The number of hydrogen-bond acceptors (Lipinski definition) is 3. The van der Waals surface area contributed by atoms with Crippen LogP contribution in [-0.2, 0) is 6.18 Å². The molecular weight excluding hydrogens is 341 g/mol. The summed E-state index contributed by atoms with van der Waals surface area (Å²) in [5.74, 6) is 0.968. The fraction of sp³-hybridized carbons (Fsp3) is 0.250. The standard InChI is InChI=1S/C20H19F3N2O/c1-3-12-25(14-8-10-15(26-2)11-9-14)19-13-17(20(21,22)23)16-6-4-5-7-18(16)24-19/h4-11,13H,3,12H2,1-2H3. The molecule has 0 saturated heterocycles. The summed E-state index contributed by atoms with van der Waals surface area (Å²) in [6.45, 7) is 2.53. The SMILES string of the molecule is CCCN(c1ccc(OC)cc1)c1cc(C(F)(F)F)c2ccccc2n1. The van der Waals surface area contributed by atoms with Crippen molar-refractivity contribution in [2.24, 2.45) is 0 Å². The zero-order valence-electron chi connectivity index (χ0n) is 14.5. The Kier molecular flexibility index (Phi) is 5.02. The van der Waals surface area contributed by atoms with Gasteiger partial charge in [0, 0.05) is 17.6 Å². The molecule has 26 heavy (non-hydrogen) atoms. The van der Waals surface area contributed by atoms with E-state index in [1.54, 1.807) is 42.3 Å². The van der Waals surface area contributed by atoms with E-state index >= 15 is 0 Å². The number of hydrogen-bond donors (Lipinski definition) is 0. The number of benzene rings is 2. The van der Waals surface area contributed by atoms with E-state index in [2.05, 4.69) is 4.98 Å². The van der Waals surface area contributed by atoms with Crippen LogP contribution in [0.5, 0.6) is 5.75 Å². The molecule has 6 heteroatoms. The third-order valence-corrected chi connectivity index (χ3v) is 4.12. The number of fused-ring (bicyclic) bond motifs is 1. The van der Waals surface area contributed by atoms with Crippen LogP contribution in [0.4, 0.5) is 24.7 Å². The Hall–Kier alpha value is -2.76. The molecule has 3 rings (SSSR count). The predicted molar refractivity (Wildman–Crippen MR) is 97.0 cm³/mol. The smallest absolute Gasteiger partial charge is 0.417 e. The van der Waals surface area contributed by atoms with Gasteiger partial charge in [0.25, 0.3) is 0 Å². The summed E-state index contributed by atoms with van der Waals surface area (Å²) in [6, 6.07) is 14.7. The summed E-state index contributed by atoms with van der Waals surface area (Å²) in [4.78, 5) is 6.27. The third kappa shape index (κ3) is 3.59. The van der Waals surface area contributed by atoms with E-state index in [0.29, 0.717) is 17.8 Å². The minimum atomic E-state index is -4.45. The van der Waals surface area contributed by atoms with Crippen molar-refractivity contribution in [3.05, 3.63) is 60.2 Å². The lowest BCUT2D eigenvalue weighted by atomic mass is 10.1. The third-order valence-electron chi connectivity index (χ3n) is 4.12. The number of aromatic nitrogens is 1. The topological polar surface area (TPSA) is 25.4 Å². The first-order valence-electron chi connectivity index (χ1n) is 8.32. The molecule has 0 aliphatic heterocycles. The molecule has 0 spiro atoms. The van der Waals surface area contributed by atoms with Crippen LogP contribution in [0, 0.1) is 0 Å². The number of rotatable bonds is 5. The molecule has 1 aromatic heterocycles. The maximum Gasteiger partial charge on any atom is 0.417 e. The number of anilines is 2. The molecule has 136 valence electrons. The second-order valence-electron chi connectivity index (χ2n) is 5.89. The van der Waals surface area contributed by atoms with Crippen LogP contribution < -0.4 is 9.64 Å². The first-order valence-corrected chi connectivity index (χ1v) is 8.32. The van der Waals surface area contributed by atoms with Gasteiger partial charge in [-0.2, -0.15) is 13.2 Å². The average Bonchev–Trinajstić information content (AvgIpc) is 2.64. The number of nitrogens with zero attached hydrogens (tertiary/aromatic N) is 2. The average molecular weight is 360 g/mol. The lowest BCUT2D eigenvalue weighted by Gasteiger charge is -2.25. The van der Waals surface area contributed by atoms with E-state index in [4.69, 9.17) is 4.74 Å². The van der Waals surface area contributed by atoms with Crippen LogP contribution in [-0.4, -0.2) is 18.6 Å². The van der Waals surface area contributed by atoms with Gasteiger partial charge in [0.05, 0.1) is 18.2 Å². The second-order valence-corrected chi connectivity index (χ2v) is 5.89. The Bertz CT molecular complexity index is 892. The highest BCUT2D eigenvalue weighted by Gasteiger charge is 2.34. The highest BCUT2D eigenvalue weighted by molar-refractivity contribution is 5.85. The monoisotopic (exact) mass is 360 g/mol. The summed E-state index contributed by atoms with van der Waals surface area (Å²) in [5.41, 5.74) is 0.420. The van der Waals surface area contributed by atoms with Gasteiger partial charge in [-0.3, -0.25) is 0 Å². The van der Waals surface area contributed by atoms with Gasteiger partial charge in [-0.05, 0) is 42.8 Å². The highest BCUT2D eigenvalue weighted by atomic mass is 19.4. The summed E-state index contributed by atoms with van der Waals surface area (Å²) >= 11 is 0. The summed E-state index contributed by atoms with van der Waals surface area (Å²) in [6.07, 6.45) is -3.68. The molecule has 0 aliphatic carbocycles. The van der Waals surface area contributed by atoms with Crippen molar-refractivity contribution in [1.82, 2.24) is 4.98 Å². The zero-order valence-corrected chi connectivity index (χ0v) is 14.5. The molecule has 0 aliphatic rings. The van der Waals surface area contributed by atoms with Gasteiger partial charge in [0.1, 0.15) is 11.6 Å². The maximum atomic E-state index is 13.6. The van der Waals surface area contributed by atoms with Gasteiger partial charge < -0.3 is 9.64 Å². The highest BCUT2D eigenvalue weighted by Crippen LogP contribution is 2.38. The van der Waals surface area contributed by atoms with Crippen molar-refractivity contribution in [2.75, 3.05) is 18.6 Å². The van der Waals surface area contributed by atoms with Crippen LogP contribution in [0.2, 0.25) is 0 Å². The first-order chi connectivity index (χ1) is 12.4. The minimum absolute atomic E-state index is 0.106. The lowest BCUT2D eigenvalue weighted by molar-refractivity contribution is -0.136. The molecule has 0 saturated carbocycles. The molecular formula is C20H19F3N2O. The molecule has 3 aromatic rings. The molecule has 0 bridgehead atoms. The van der Waals surface area contributed by atoms with Crippen molar-refractivity contribution in [2.45, 2.75) is 19.5 Å². The quantitative estimate of drug-likeness (QED) is 0.574. The van der Waals surface area contributed by atoms with Crippen molar-refractivity contribution in [3.8, 4) is 5.75 Å². The first kappa shape index (κ1) is 18.0. The second kappa shape index (κ2) is 7.23. The van der Waals surface area contributed by atoms with E-state index < -0.39 is 11.7 Å². The number of alkyl halides is 3. The van der Waals surface area contributed by atoms with Crippen molar-refractivity contribution in [1.29, 1.82) is 0 Å². The number of halogens is 3. The van der Waals surface area contributed by atoms with Crippen LogP contribution in [0.3, 0.4) is 0 Å². The Labute approximate surface area is 150 Å². The van der Waals surface area contributed by atoms with Crippen LogP contribution in [0.15, 0.2) is 54.6 Å². The van der Waals surface area contributed by atoms with Gasteiger partial charge in [-0.1, -0.05) is 25.1 Å². The molecule has 0 amide bonds. The molecule has 0 unspecified atom stereocenters. The van der Waals surface area contributed by atoms with Crippen LogP contribution in [0.25, 0.3) is 10.9 Å². The van der Waals surface area contributed by atoms with Crippen molar-refractivity contribution < 1.29 is 17.9 Å².